The Kier molecular flexibility index (Phi) is 6.55. The van der Waals surface area contributed by atoms with E-state index in [0.717, 1.165) is 69.0 Å². The summed E-state index contributed by atoms with van der Waals surface area (Å²) in [7, 11) is 0. The van der Waals surface area contributed by atoms with Gasteiger partial charge in [0.25, 0.3) is 0 Å². The first kappa shape index (κ1) is 23.8. The van der Waals surface area contributed by atoms with Gasteiger partial charge in [-0.2, -0.15) is 8.78 Å². The molecule has 1 aliphatic heterocycles. The average Bonchev–Trinajstić information content (AvgIpc) is 3.37. The molecule has 0 amide bonds. The van der Waals surface area contributed by atoms with Crippen LogP contribution in [-0.4, -0.2) is 50.9 Å². The number of nitrogens with zero attached hydrogens (tertiary/aromatic N) is 5. The first-order chi connectivity index (χ1) is 16.8. The van der Waals surface area contributed by atoms with E-state index in [1.165, 1.54) is 19.3 Å². The SMILES string of the molecule is Cc1cc2c(cc1-c1c(C)noc1C)ncc1nc(CN3CCCCC3)n([C@H](C)COC(F)F)c12. The molecule has 9 heteroatoms. The highest BCUT2D eigenvalue weighted by atomic mass is 19.3. The van der Waals surface area contributed by atoms with Gasteiger partial charge in [0.1, 0.15) is 17.1 Å². The van der Waals surface area contributed by atoms with Gasteiger partial charge < -0.3 is 13.8 Å². The van der Waals surface area contributed by atoms with Crippen molar-refractivity contribution in [2.45, 2.75) is 66.2 Å². The molecule has 0 bridgehead atoms. The molecule has 0 aliphatic carbocycles. The molecular weight excluding hydrogens is 452 g/mol. The minimum Gasteiger partial charge on any atom is -0.361 e. The summed E-state index contributed by atoms with van der Waals surface area (Å²) >= 11 is 0. The molecule has 0 saturated carbocycles. The molecule has 7 nitrogen and oxygen atoms in total. The molecule has 0 unspecified atom stereocenters. The largest absolute Gasteiger partial charge is 0.361 e. The molecule has 5 rings (SSSR count). The van der Waals surface area contributed by atoms with Gasteiger partial charge in [0.15, 0.2) is 0 Å². The van der Waals surface area contributed by atoms with E-state index in [-0.39, 0.29) is 12.6 Å². The topological polar surface area (TPSA) is 69.2 Å². The third-order valence-electron chi connectivity index (χ3n) is 6.96. The number of pyridine rings is 1. The third kappa shape index (κ3) is 4.54. The van der Waals surface area contributed by atoms with E-state index in [4.69, 9.17) is 19.2 Å². The highest BCUT2D eigenvalue weighted by Gasteiger charge is 2.23. The van der Waals surface area contributed by atoms with Crippen LogP contribution in [0.5, 0.6) is 0 Å². The summed E-state index contributed by atoms with van der Waals surface area (Å²) in [4.78, 5) is 12.0. The van der Waals surface area contributed by atoms with E-state index in [1.54, 1.807) is 6.20 Å². The second-order valence-corrected chi connectivity index (χ2v) is 9.55. The first-order valence-electron chi connectivity index (χ1n) is 12.2. The lowest BCUT2D eigenvalue weighted by molar-refractivity contribution is -0.135. The number of halogens is 2. The molecule has 186 valence electrons. The van der Waals surface area contributed by atoms with Crippen molar-refractivity contribution >= 4 is 21.9 Å². The van der Waals surface area contributed by atoms with Gasteiger partial charge in [-0.05, 0) is 76.9 Å². The molecule has 1 saturated heterocycles. The predicted molar refractivity (Wildman–Crippen MR) is 131 cm³/mol. The molecule has 4 aromatic rings. The molecule has 0 radical (unpaired) electrons. The number of hydrogen-bond donors (Lipinski definition) is 0. The lowest BCUT2D eigenvalue weighted by atomic mass is 9.96. The fourth-order valence-electron chi connectivity index (χ4n) is 5.31. The van der Waals surface area contributed by atoms with Gasteiger partial charge in [-0.15, -0.1) is 0 Å². The average molecular weight is 484 g/mol. The Bertz CT molecular complexity index is 1340. The Hall–Kier alpha value is -2.91. The summed E-state index contributed by atoms with van der Waals surface area (Å²) in [6, 6.07) is 3.84. The molecule has 35 heavy (non-hydrogen) atoms. The van der Waals surface area contributed by atoms with Crippen LogP contribution in [0.4, 0.5) is 8.78 Å². The lowest BCUT2D eigenvalue weighted by Gasteiger charge is -2.27. The van der Waals surface area contributed by atoms with Crippen LogP contribution in [0.15, 0.2) is 22.9 Å². The second kappa shape index (κ2) is 9.62. The van der Waals surface area contributed by atoms with Crippen molar-refractivity contribution in [3.05, 3.63) is 41.2 Å². The number of rotatable bonds is 7. The summed E-state index contributed by atoms with van der Waals surface area (Å²) in [5.41, 5.74) is 6.36. The molecule has 4 heterocycles. The zero-order valence-electron chi connectivity index (χ0n) is 20.6. The Morgan fingerprint density at radius 2 is 1.86 bits per heavy atom. The van der Waals surface area contributed by atoms with Crippen molar-refractivity contribution in [2.24, 2.45) is 0 Å². The quantitative estimate of drug-likeness (QED) is 0.324. The summed E-state index contributed by atoms with van der Waals surface area (Å²) < 4.78 is 38.0. The molecule has 0 spiro atoms. The zero-order chi connectivity index (χ0) is 24.7. The van der Waals surface area contributed by atoms with Gasteiger partial charge in [-0.1, -0.05) is 11.6 Å². The van der Waals surface area contributed by atoms with Gasteiger partial charge in [0, 0.05) is 10.9 Å². The van der Waals surface area contributed by atoms with Gasteiger partial charge >= 0.3 is 6.61 Å². The second-order valence-electron chi connectivity index (χ2n) is 9.55. The molecule has 1 aliphatic rings. The molecule has 1 atom stereocenters. The first-order valence-corrected chi connectivity index (χ1v) is 12.2. The third-order valence-corrected chi connectivity index (χ3v) is 6.96. The maximum absolute atomic E-state index is 12.9. The minimum absolute atomic E-state index is 0.101. The Morgan fingerprint density at radius 3 is 2.54 bits per heavy atom. The maximum Gasteiger partial charge on any atom is 0.345 e. The maximum atomic E-state index is 12.9. The van der Waals surface area contributed by atoms with Crippen LogP contribution in [0, 0.1) is 20.8 Å². The highest BCUT2D eigenvalue weighted by Crippen LogP contribution is 2.36. The smallest absolute Gasteiger partial charge is 0.345 e. The number of fused-ring (bicyclic) bond motifs is 3. The van der Waals surface area contributed by atoms with Crippen LogP contribution in [0.2, 0.25) is 0 Å². The predicted octanol–water partition coefficient (Wildman–Crippen LogP) is 5.95. The number of aryl methyl sites for hydroxylation is 3. The van der Waals surface area contributed by atoms with Crippen molar-refractivity contribution in [1.82, 2.24) is 24.6 Å². The minimum atomic E-state index is -2.81. The number of aromatic nitrogens is 4. The normalized spacial score (nSPS) is 16.1. The Labute approximate surface area is 203 Å². The van der Waals surface area contributed by atoms with E-state index < -0.39 is 6.61 Å². The van der Waals surface area contributed by atoms with Crippen LogP contribution in [0.1, 0.15) is 55.1 Å². The number of ether oxygens (including phenoxy) is 1. The number of alkyl halides is 2. The van der Waals surface area contributed by atoms with Crippen LogP contribution in [0.3, 0.4) is 0 Å². The number of imidazole rings is 1. The van der Waals surface area contributed by atoms with E-state index >= 15 is 0 Å². The number of benzene rings is 1. The van der Waals surface area contributed by atoms with E-state index in [1.807, 2.05) is 20.8 Å². The summed E-state index contributed by atoms with van der Waals surface area (Å²) in [5.74, 6) is 1.62. The van der Waals surface area contributed by atoms with Gasteiger partial charge in [-0.3, -0.25) is 9.88 Å². The Balaban J connectivity index is 1.67. The summed E-state index contributed by atoms with van der Waals surface area (Å²) in [6.07, 6.45) is 5.35. The summed E-state index contributed by atoms with van der Waals surface area (Å²) in [5, 5.41) is 5.05. The summed E-state index contributed by atoms with van der Waals surface area (Å²) in [6.45, 7) is 7.59. The van der Waals surface area contributed by atoms with Crippen molar-refractivity contribution in [1.29, 1.82) is 0 Å². The van der Waals surface area contributed by atoms with Crippen molar-refractivity contribution in [3.63, 3.8) is 0 Å². The van der Waals surface area contributed by atoms with Gasteiger partial charge in [0.05, 0.1) is 42.1 Å². The van der Waals surface area contributed by atoms with Crippen molar-refractivity contribution in [2.75, 3.05) is 19.7 Å². The van der Waals surface area contributed by atoms with Crippen molar-refractivity contribution < 1.29 is 18.0 Å². The molecule has 1 fully saturated rings. The Morgan fingerprint density at radius 1 is 1.09 bits per heavy atom. The van der Waals surface area contributed by atoms with Crippen LogP contribution < -0.4 is 0 Å². The molecule has 0 N–H and O–H groups in total. The van der Waals surface area contributed by atoms with Crippen LogP contribution in [0.25, 0.3) is 33.1 Å². The van der Waals surface area contributed by atoms with Gasteiger partial charge in [0.2, 0.25) is 0 Å². The number of likely N-dealkylation sites (tertiary alicyclic amines) is 1. The molecule has 3 aromatic heterocycles. The van der Waals surface area contributed by atoms with E-state index in [0.29, 0.717) is 6.54 Å². The molecular formula is C26H31F2N5O2. The fourth-order valence-corrected chi connectivity index (χ4v) is 5.31. The molecule has 1 aromatic carbocycles. The highest BCUT2D eigenvalue weighted by molar-refractivity contribution is 6.04. The standard InChI is InChI=1S/C26H31F2N5O2/c1-15-10-20-21(11-19(15)24-17(3)31-35-18(24)4)29-12-22-25(20)33(16(2)14-34-26(27)28)23(30-22)13-32-8-6-5-7-9-32/h10-12,16,26H,5-9,13-14H2,1-4H3/t16-/m1/s1. The van der Waals surface area contributed by atoms with E-state index in [2.05, 4.69) is 33.7 Å². The number of piperidine rings is 1. The van der Waals surface area contributed by atoms with Gasteiger partial charge in [-0.25, -0.2) is 4.98 Å². The lowest BCUT2D eigenvalue weighted by Crippen LogP contribution is -2.31. The zero-order valence-corrected chi connectivity index (χ0v) is 20.6. The van der Waals surface area contributed by atoms with Crippen LogP contribution >= 0.6 is 0 Å². The van der Waals surface area contributed by atoms with Crippen LogP contribution in [-0.2, 0) is 11.3 Å². The van der Waals surface area contributed by atoms with E-state index in [9.17, 15) is 8.78 Å². The fraction of sp³-hybridized carbons (Fsp3) is 0.500. The van der Waals surface area contributed by atoms with Crippen molar-refractivity contribution in [3.8, 4) is 11.1 Å². The monoisotopic (exact) mass is 483 g/mol. The number of hydrogen-bond acceptors (Lipinski definition) is 6.